The number of carbonyl (C=O) groups excluding carboxylic acids is 2. The Kier molecular flexibility index (Phi) is 5.62. The molecule has 0 bridgehead atoms. The predicted octanol–water partition coefficient (Wildman–Crippen LogP) is 2.86. The Bertz CT molecular complexity index is 511. The van der Waals surface area contributed by atoms with E-state index in [4.69, 9.17) is 11.6 Å². The number of nitrogens with one attached hydrogen (secondary N) is 1. The number of hydrogen-bond acceptors (Lipinski definition) is 2. The first kappa shape index (κ1) is 15.8. The fraction of sp³-hybridized carbons (Fsp3) is 0.500. The number of amides is 2. The lowest BCUT2D eigenvalue weighted by atomic mass is 10.0. The summed E-state index contributed by atoms with van der Waals surface area (Å²) in [6.07, 6.45) is 3.10. The second kappa shape index (κ2) is 7.46. The molecular weight excluding hydrogens is 288 g/mol. The summed E-state index contributed by atoms with van der Waals surface area (Å²) >= 11 is 5.89. The molecule has 4 nitrogen and oxygen atoms in total. The van der Waals surface area contributed by atoms with Gasteiger partial charge in [-0.1, -0.05) is 24.6 Å². The summed E-state index contributed by atoms with van der Waals surface area (Å²) in [6.45, 7) is 3.45. The largest absolute Gasteiger partial charge is 0.349 e. The average molecular weight is 309 g/mol. The molecule has 0 atom stereocenters. The highest BCUT2D eigenvalue weighted by Crippen LogP contribution is 2.14. The molecule has 0 saturated carbocycles. The highest BCUT2D eigenvalue weighted by molar-refractivity contribution is 6.30. The maximum absolute atomic E-state index is 12.1. The minimum atomic E-state index is -0.101. The van der Waals surface area contributed by atoms with Gasteiger partial charge in [0.15, 0.2) is 0 Å². The van der Waals surface area contributed by atoms with E-state index in [1.165, 1.54) is 0 Å². The zero-order valence-corrected chi connectivity index (χ0v) is 13.0. The van der Waals surface area contributed by atoms with Crippen LogP contribution in [0.3, 0.4) is 0 Å². The van der Waals surface area contributed by atoms with E-state index in [2.05, 4.69) is 5.32 Å². The van der Waals surface area contributed by atoms with Gasteiger partial charge in [-0.25, -0.2) is 0 Å². The fourth-order valence-corrected chi connectivity index (χ4v) is 2.73. The smallest absolute Gasteiger partial charge is 0.251 e. The molecule has 1 aromatic rings. The summed E-state index contributed by atoms with van der Waals surface area (Å²) in [6, 6.07) is 7.05. The third-order valence-electron chi connectivity index (χ3n) is 3.73. The van der Waals surface area contributed by atoms with Gasteiger partial charge >= 0.3 is 0 Å². The number of benzene rings is 1. The lowest BCUT2D eigenvalue weighted by Crippen LogP contribution is -2.46. The van der Waals surface area contributed by atoms with Gasteiger partial charge in [0.05, 0.1) is 0 Å². The van der Waals surface area contributed by atoms with Gasteiger partial charge in [-0.2, -0.15) is 0 Å². The highest BCUT2D eigenvalue weighted by Gasteiger charge is 2.23. The van der Waals surface area contributed by atoms with Crippen molar-refractivity contribution in [3.05, 3.63) is 34.9 Å². The lowest BCUT2D eigenvalue weighted by Gasteiger charge is -2.32. The number of likely N-dealkylation sites (tertiary alicyclic amines) is 1. The van der Waals surface area contributed by atoms with Gasteiger partial charge in [-0.15, -0.1) is 0 Å². The molecule has 0 aliphatic carbocycles. The van der Waals surface area contributed by atoms with E-state index >= 15 is 0 Å². The van der Waals surface area contributed by atoms with Crippen LogP contribution in [0.15, 0.2) is 24.3 Å². The molecular formula is C16H21ClN2O2. The van der Waals surface area contributed by atoms with Crippen molar-refractivity contribution in [3.8, 4) is 0 Å². The average Bonchev–Trinajstić information content (AvgIpc) is 2.48. The Morgan fingerprint density at radius 3 is 2.67 bits per heavy atom. The number of nitrogens with zero attached hydrogens (tertiary/aromatic N) is 1. The molecule has 21 heavy (non-hydrogen) atoms. The molecule has 1 heterocycles. The van der Waals surface area contributed by atoms with Crippen LogP contribution in [0.1, 0.15) is 43.0 Å². The second-order valence-corrected chi connectivity index (χ2v) is 5.83. The number of hydrogen-bond donors (Lipinski definition) is 1. The van der Waals surface area contributed by atoms with E-state index in [-0.39, 0.29) is 17.9 Å². The molecule has 1 aliphatic rings. The molecule has 1 aromatic carbocycles. The van der Waals surface area contributed by atoms with Crippen LogP contribution in [-0.2, 0) is 4.79 Å². The molecule has 0 aromatic heterocycles. The molecule has 2 amide bonds. The fourth-order valence-electron chi connectivity index (χ4n) is 2.54. The van der Waals surface area contributed by atoms with Crippen molar-refractivity contribution in [2.45, 2.75) is 38.6 Å². The first-order valence-corrected chi connectivity index (χ1v) is 7.82. The lowest BCUT2D eigenvalue weighted by molar-refractivity contribution is -0.132. The van der Waals surface area contributed by atoms with Crippen LogP contribution in [0, 0.1) is 0 Å². The van der Waals surface area contributed by atoms with E-state index in [0.29, 0.717) is 17.0 Å². The van der Waals surface area contributed by atoms with Gasteiger partial charge in [-0.3, -0.25) is 9.59 Å². The SMILES string of the molecule is CCCC(=O)N1CCC(NC(=O)c2cccc(Cl)c2)CC1. The van der Waals surface area contributed by atoms with Crippen LogP contribution in [-0.4, -0.2) is 35.8 Å². The van der Waals surface area contributed by atoms with Crippen LogP contribution in [0.25, 0.3) is 0 Å². The van der Waals surface area contributed by atoms with Crippen molar-refractivity contribution in [1.82, 2.24) is 10.2 Å². The summed E-state index contributed by atoms with van der Waals surface area (Å²) in [4.78, 5) is 25.8. The van der Waals surface area contributed by atoms with Gasteiger partial charge in [0.2, 0.25) is 5.91 Å². The molecule has 1 N–H and O–H groups in total. The van der Waals surface area contributed by atoms with Crippen molar-refractivity contribution in [3.63, 3.8) is 0 Å². The minimum Gasteiger partial charge on any atom is -0.349 e. The topological polar surface area (TPSA) is 49.4 Å². The number of rotatable bonds is 4. The third kappa shape index (κ3) is 4.46. The summed E-state index contributed by atoms with van der Waals surface area (Å²) in [5.41, 5.74) is 0.576. The van der Waals surface area contributed by atoms with Gasteiger partial charge in [-0.05, 0) is 37.5 Å². The van der Waals surface area contributed by atoms with Crippen LogP contribution >= 0.6 is 11.6 Å². The first-order chi connectivity index (χ1) is 10.1. The van der Waals surface area contributed by atoms with Crippen molar-refractivity contribution >= 4 is 23.4 Å². The van der Waals surface area contributed by atoms with Gasteiger partial charge in [0, 0.05) is 36.1 Å². The van der Waals surface area contributed by atoms with Crippen molar-refractivity contribution in [1.29, 1.82) is 0 Å². The number of halogens is 1. The molecule has 1 saturated heterocycles. The summed E-state index contributed by atoms with van der Waals surface area (Å²) in [5.74, 6) is 0.118. The van der Waals surface area contributed by atoms with E-state index < -0.39 is 0 Å². The Balaban J connectivity index is 1.83. The number of piperidine rings is 1. The highest BCUT2D eigenvalue weighted by atomic mass is 35.5. The van der Waals surface area contributed by atoms with Crippen LogP contribution in [0.4, 0.5) is 0 Å². The summed E-state index contributed by atoms with van der Waals surface area (Å²) in [7, 11) is 0. The van der Waals surface area contributed by atoms with E-state index in [9.17, 15) is 9.59 Å². The van der Waals surface area contributed by atoms with Crippen molar-refractivity contribution in [2.75, 3.05) is 13.1 Å². The monoisotopic (exact) mass is 308 g/mol. The maximum atomic E-state index is 12.1. The molecule has 1 aliphatic heterocycles. The van der Waals surface area contributed by atoms with E-state index in [1.54, 1.807) is 24.3 Å². The summed E-state index contributed by atoms with van der Waals surface area (Å²) < 4.78 is 0. The zero-order valence-electron chi connectivity index (χ0n) is 12.3. The quantitative estimate of drug-likeness (QED) is 0.930. The molecule has 0 unspecified atom stereocenters. The zero-order chi connectivity index (χ0) is 15.2. The molecule has 0 radical (unpaired) electrons. The standard InChI is InChI=1S/C16H21ClN2O2/c1-2-4-15(20)19-9-7-14(8-10-19)18-16(21)12-5-3-6-13(17)11-12/h3,5-6,11,14H,2,4,7-10H2,1H3,(H,18,21). The van der Waals surface area contributed by atoms with Crippen molar-refractivity contribution < 1.29 is 9.59 Å². The predicted molar refractivity (Wildman–Crippen MR) is 83.4 cm³/mol. The van der Waals surface area contributed by atoms with E-state index in [1.807, 2.05) is 11.8 Å². The maximum Gasteiger partial charge on any atom is 0.251 e. The first-order valence-electron chi connectivity index (χ1n) is 7.44. The molecule has 114 valence electrons. The van der Waals surface area contributed by atoms with Gasteiger partial charge in [0.1, 0.15) is 0 Å². The van der Waals surface area contributed by atoms with Crippen LogP contribution < -0.4 is 5.32 Å². The molecule has 5 heteroatoms. The Morgan fingerprint density at radius 1 is 1.33 bits per heavy atom. The molecule has 0 spiro atoms. The van der Waals surface area contributed by atoms with Crippen LogP contribution in [0.2, 0.25) is 5.02 Å². The normalized spacial score (nSPS) is 15.8. The number of carbonyl (C=O) groups is 2. The minimum absolute atomic E-state index is 0.101. The van der Waals surface area contributed by atoms with E-state index in [0.717, 1.165) is 32.4 Å². The Labute approximate surface area is 130 Å². The van der Waals surface area contributed by atoms with Gasteiger partial charge in [0.25, 0.3) is 5.91 Å². The molecule has 1 fully saturated rings. The van der Waals surface area contributed by atoms with Crippen LogP contribution in [0.5, 0.6) is 0 Å². The summed E-state index contributed by atoms with van der Waals surface area (Å²) in [5, 5.41) is 3.58. The molecule has 2 rings (SSSR count). The van der Waals surface area contributed by atoms with Gasteiger partial charge < -0.3 is 10.2 Å². The second-order valence-electron chi connectivity index (χ2n) is 5.39. The Hall–Kier alpha value is -1.55. The third-order valence-corrected chi connectivity index (χ3v) is 3.97. The van der Waals surface area contributed by atoms with Crippen molar-refractivity contribution in [2.24, 2.45) is 0 Å². The Morgan fingerprint density at radius 2 is 2.05 bits per heavy atom.